The smallest absolute Gasteiger partial charge is 0.330 e. The summed E-state index contributed by atoms with van der Waals surface area (Å²) in [5, 5.41) is 1.20. The zero-order valence-corrected chi connectivity index (χ0v) is 21.6. The molecule has 0 atom stereocenters. The van der Waals surface area contributed by atoms with Gasteiger partial charge in [-0.3, -0.25) is 0 Å². The van der Waals surface area contributed by atoms with Crippen LogP contribution >= 0.6 is 0 Å². The Morgan fingerprint density at radius 3 is 2.38 bits per heavy atom. The topological polar surface area (TPSA) is 40.5 Å². The second-order valence-electron chi connectivity index (χ2n) is 10.7. The number of hydrogen-bond acceptors (Lipinski definition) is 3. The van der Waals surface area contributed by atoms with Gasteiger partial charge in [0.05, 0.1) is 5.52 Å². The lowest BCUT2D eigenvalue weighted by Gasteiger charge is -2.34. The van der Waals surface area contributed by atoms with E-state index in [1.807, 2.05) is 33.8 Å². The van der Waals surface area contributed by atoms with Crippen molar-refractivity contribution in [2.75, 3.05) is 0 Å². The van der Waals surface area contributed by atoms with E-state index in [1.165, 1.54) is 34.7 Å². The number of carbonyl (C=O) groups excluding carboxylic acids is 1. The van der Waals surface area contributed by atoms with Crippen LogP contribution in [-0.2, 0) is 16.1 Å². The minimum atomic E-state index is -0.670. The van der Waals surface area contributed by atoms with Crippen molar-refractivity contribution in [3.63, 3.8) is 0 Å². The molecular formula is C30H39NO3. The van der Waals surface area contributed by atoms with Gasteiger partial charge in [0.25, 0.3) is 0 Å². The number of hydrogen-bond donors (Lipinski definition) is 0. The summed E-state index contributed by atoms with van der Waals surface area (Å²) in [6.45, 7) is 16.8. The van der Waals surface area contributed by atoms with E-state index in [0.717, 1.165) is 18.7 Å². The van der Waals surface area contributed by atoms with Gasteiger partial charge in [0, 0.05) is 36.2 Å². The van der Waals surface area contributed by atoms with Gasteiger partial charge in [-0.05, 0) is 70.2 Å². The molecule has 0 aliphatic heterocycles. The minimum Gasteiger partial charge on any atom is -0.488 e. The van der Waals surface area contributed by atoms with E-state index in [2.05, 4.69) is 73.5 Å². The Balaban J connectivity index is 1.91. The quantitative estimate of drug-likeness (QED) is 0.216. The molecule has 0 aliphatic rings. The first-order valence-corrected chi connectivity index (χ1v) is 12.2. The first-order chi connectivity index (χ1) is 16.0. The number of benzene rings is 2. The maximum Gasteiger partial charge on any atom is 0.330 e. The molecule has 0 aliphatic carbocycles. The summed E-state index contributed by atoms with van der Waals surface area (Å²) >= 11 is 0. The maximum absolute atomic E-state index is 11.7. The summed E-state index contributed by atoms with van der Waals surface area (Å²) in [6.07, 6.45) is 4.06. The molecule has 0 fully saturated rings. The molecule has 1 aromatic heterocycles. The van der Waals surface area contributed by atoms with E-state index in [9.17, 15) is 4.79 Å². The van der Waals surface area contributed by atoms with Crippen LogP contribution in [0.15, 0.2) is 67.3 Å². The Hall–Kier alpha value is -3.01. The third kappa shape index (κ3) is 6.75. The highest BCUT2D eigenvalue weighted by molar-refractivity contribution is 5.88. The number of aromatic nitrogens is 1. The Morgan fingerprint density at radius 1 is 1.03 bits per heavy atom. The summed E-state index contributed by atoms with van der Waals surface area (Å²) in [5.74, 6) is 1.07. The van der Waals surface area contributed by atoms with Crippen molar-refractivity contribution in [1.29, 1.82) is 0 Å². The van der Waals surface area contributed by atoms with Crippen molar-refractivity contribution in [1.82, 2.24) is 4.57 Å². The number of fused-ring (bicyclic) bond motifs is 1. The largest absolute Gasteiger partial charge is 0.488 e. The molecule has 34 heavy (non-hydrogen) atoms. The highest BCUT2D eigenvalue weighted by Gasteiger charge is 2.33. The van der Waals surface area contributed by atoms with E-state index < -0.39 is 17.2 Å². The molecule has 0 amide bonds. The zero-order chi connectivity index (χ0) is 24.9. The minimum absolute atomic E-state index is 0.421. The number of rotatable bonds is 11. The highest BCUT2D eigenvalue weighted by Crippen LogP contribution is 2.34. The molecule has 0 unspecified atom stereocenters. The van der Waals surface area contributed by atoms with Crippen molar-refractivity contribution < 1.29 is 14.3 Å². The Labute approximate surface area is 204 Å². The number of esters is 1. The molecule has 3 rings (SSSR count). The van der Waals surface area contributed by atoms with Crippen LogP contribution in [-0.4, -0.2) is 21.7 Å². The van der Waals surface area contributed by atoms with E-state index in [1.54, 1.807) is 0 Å². The first kappa shape index (κ1) is 25.6. The molecule has 0 radical (unpaired) electrons. The summed E-state index contributed by atoms with van der Waals surface area (Å²) < 4.78 is 14.4. The summed E-state index contributed by atoms with van der Waals surface area (Å²) in [4.78, 5) is 11.7. The second-order valence-corrected chi connectivity index (χ2v) is 10.7. The SMILES string of the molecule is C=CC(=O)OC(C)(C)CC(C)(C)Oc1ccc2cc(-c3ccccc3)n(CCCC(C)C)c2c1. The lowest BCUT2D eigenvalue weighted by atomic mass is 9.92. The van der Waals surface area contributed by atoms with Crippen LogP contribution in [0, 0.1) is 5.92 Å². The fraction of sp³-hybridized carbons (Fsp3) is 0.433. The average Bonchev–Trinajstić information content (AvgIpc) is 3.10. The van der Waals surface area contributed by atoms with Gasteiger partial charge in [-0.15, -0.1) is 0 Å². The molecule has 0 saturated carbocycles. The molecule has 0 bridgehead atoms. The molecule has 0 N–H and O–H groups in total. The molecule has 2 aromatic carbocycles. The predicted molar refractivity (Wildman–Crippen MR) is 141 cm³/mol. The summed E-state index contributed by atoms with van der Waals surface area (Å²) in [6, 6.07) is 19.1. The fourth-order valence-corrected chi connectivity index (χ4v) is 4.77. The highest BCUT2D eigenvalue weighted by atomic mass is 16.6. The lowest BCUT2D eigenvalue weighted by molar-refractivity contribution is -0.154. The fourth-order valence-electron chi connectivity index (χ4n) is 4.77. The van der Waals surface area contributed by atoms with Crippen molar-refractivity contribution in [2.45, 2.75) is 78.6 Å². The number of aryl methyl sites for hydroxylation is 1. The van der Waals surface area contributed by atoms with Gasteiger partial charge in [-0.1, -0.05) is 50.8 Å². The van der Waals surface area contributed by atoms with E-state index in [0.29, 0.717) is 12.3 Å². The van der Waals surface area contributed by atoms with Gasteiger partial charge in [-0.25, -0.2) is 4.79 Å². The molecular weight excluding hydrogens is 422 g/mol. The predicted octanol–water partition coefficient (Wildman–Crippen LogP) is 7.80. The third-order valence-electron chi connectivity index (χ3n) is 5.90. The van der Waals surface area contributed by atoms with Gasteiger partial charge < -0.3 is 14.0 Å². The van der Waals surface area contributed by atoms with E-state index in [-0.39, 0.29) is 0 Å². The van der Waals surface area contributed by atoms with Crippen LogP contribution in [0.1, 0.15) is 60.8 Å². The Morgan fingerprint density at radius 2 is 1.74 bits per heavy atom. The maximum atomic E-state index is 11.7. The van der Waals surface area contributed by atoms with Gasteiger partial charge >= 0.3 is 5.97 Å². The first-order valence-electron chi connectivity index (χ1n) is 12.2. The van der Waals surface area contributed by atoms with Gasteiger partial charge in [-0.2, -0.15) is 0 Å². The van der Waals surface area contributed by atoms with Crippen molar-refractivity contribution in [2.24, 2.45) is 5.92 Å². The number of nitrogens with zero attached hydrogens (tertiary/aromatic N) is 1. The van der Waals surface area contributed by atoms with Crippen LogP contribution in [0.3, 0.4) is 0 Å². The van der Waals surface area contributed by atoms with Gasteiger partial charge in [0.15, 0.2) is 0 Å². The molecule has 182 valence electrons. The number of ether oxygens (including phenoxy) is 2. The van der Waals surface area contributed by atoms with Crippen LogP contribution < -0.4 is 4.74 Å². The lowest BCUT2D eigenvalue weighted by Crippen LogP contribution is -2.40. The van der Waals surface area contributed by atoms with E-state index >= 15 is 0 Å². The van der Waals surface area contributed by atoms with Crippen LogP contribution in [0.2, 0.25) is 0 Å². The van der Waals surface area contributed by atoms with Crippen LogP contribution in [0.5, 0.6) is 5.75 Å². The molecule has 1 heterocycles. The van der Waals surface area contributed by atoms with Crippen molar-refractivity contribution in [3.05, 3.63) is 67.3 Å². The van der Waals surface area contributed by atoms with Crippen LogP contribution in [0.4, 0.5) is 0 Å². The standard InChI is InChI=1S/C30H39NO3/c1-8-28(32)34-30(6,7)21-29(4,5)33-25-17-16-24-19-26(23-14-10-9-11-15-23)31(27(24)20-25)18-12-13-22(2)3/h8-11,14-17,19-20,22H,1,12-13,18,21H2,2-7H3. The second kappa shape index (κ2) is 10.5. The normalized spacial score (nSPS) is 12.2. The Kier molecular flexibility index (Phi) is 7.91. The Bertz CT molecular complexity index is 1120. The monoisotopic (exact) mass is 461 g/mol. The van der Waals surface area contributed by atoms with Crippen molar-refractivity contribution >= 4 is 16.9 Å². The van der Waals surface area contributed by atoms with Gasteiger partial charge in [0.1, 0.15) is 17.0 Å². The third-order valence-corrected chi connectivity index (χ3v) is 5.90. The average molecular weight is 462 g/mol. The molecule has 0 saturated heterocycles. The molecule has 4 heteroatoms. The number of carbonyl (C=O) groups is 1. The molecule has 0 spiro atoms. The molecule has 4 nitrogen and oxygen atoms in total. The summed E-state index contributed by atoms with van der Waals surface area (Å²) in [7, 11) is 0. The van der Waals surface area contributed by atoms with Crippen LogP contribution in [0.25, 0.3) is 22.2 Å². The molecule has 3 aromatic rings. The van der Waals surface area contributed by atoms with E-state index in [4.69, 9.17) is 9.47 Å². The van der Waals surface area contributed by atoms with Crippen molar-refractivity contribution in [3.8, 4) is 17.0 Å². The summed E-state index contributed by atoms with van der Waals surface area (Å²) in [5.41, 5.74) is 2.42. The van der Waals surface area contributed by atoms with Gasteiger partial charge in [0.2, 0.25) is 0 Å². The zero-order valence-electron chi connectivity index (χ0n) is 21.6.